The second-order valence-electron chi connectivity index (χ2n) is 2.94. The minimum absolute atomic E-state index is 0.762. The van der Waals surface area contributed by atoms with Crippen LogP contribution in [0.4, 0.5) is 5.00 Å². The van der Waals surface area contributed by atoms with Crippen LogP contribution in [0.25, 0.3) is 0 Å². The summed E-state index contributed by atoms with van der Waals surface area (Å²) in [6.07, 6.45) is 0. The Labute approximate surface area is 110 Å². The third-order valence-corrected chi connectivity index (χ3v) is 4.13. The molecule has 0 spiro atoms. The van der Waals surface area contributed by atoms with E-state index in [9.17, 15) is 0 Å². The number of anilines is 1. The molecule has 2 aromatic rings. The summed E-state index contributed by atoms with van der Waals surface area (Å²) in [4.78, 5) is 1.19. The Hall–Kier alpha value is -0.630. The number of hydrogen-bond acceptors (Lipinski definition) is 6. The largest absolute Gasteiger partial charge is 0.313 e. The summed E-state index contributed by atoms with van der Waals surface area (Å²) >= 11 is 6.37. The van der Waals surface area contributed by atoms with E-state index < -0.39 is 0 Å². The first-order chi connectivity index (χ1) is 7.79. The lowest BCUT2D eigenvalue weighted by Crippen LogP contribution is -2.06. The van der Waals surface area contributed by atoms with E-state index in [1.807, 2.05) is 12.1 Å². The lowest BCUT2D eigenvalue weighted by Gasteiger charge is -2.01. The predicted octanol–water partition coefficient (Wildman–Crippen LogP) is 2.88. The normalized spacial score (nSPS) is 10.4. The van der Waals surface area contributed by atoms with Gasteiger partial charge in [-0.2, -0.15) is 0 Å². The highest BCUT2D eigenvalue weighted by Gasteiger charge is 2.06. The molecule has 84 valence electrons. The van der Waals surface area contributed by atoms with Crippen molar-refractivity contribution in [3.8, 4) is 0 Å². The molecule has 4 nitrogen and oxygen atoms in total. The van der Waals surface area contributed by atoms with Gasteiger partial charge in [0.15, 0.2) is 0 Å². The zero-order chi connectivity index (χ0) is 11.4. The van der Waals surface area contributed by atoms with Crippen LogP contribution in [0.2, 0.25) is 0 Å². The number of thioether (sulfide) groups is 1. The van der Waals surface area contributed by atoms with Crippen LogP contribution in [-0.4, -0.2) is 9.59 Å². The number of nitrogens with two attached hydrogens (primary N) is 1. The van der Waals surface area contributed by atoms with Crippen LogP contribution in [-0.2, 0) is 5.75 Å². The molecule has 0 aliphatic heterocycles. The summed E-state index contributed by atoms with van der Waals surface area (Å²) in [5.41, 5.74) is 3.48. The van der Waals surface area contributed by atoms with Crippen molar-refractivity contribution in [2.24, 2.45) is 5.84 Å². The lowest BCUT2D eigenvalue weighted by atomic mass is 10.4. The van der Waals surface area contributed by atoms with E-state index in [4.69, 9.17) is 5.84 Å². The van der Waals surface area contributed by atoms with Crippen LogP contribution in [0, 0.1) is 0 Å². The highest BCUT2D eigenvalue weighted by molar-refractivity contribution is 9.10. The van der Waals surface area contributed by atoms with Gasteiger partial charge in [-0.25, -0.2) is 5.84 Å². The fraction of sp³-hybridized carbons (Fsp3) is 0.111. The van der Waals surface area contributed by atoms with Crippen molar-refractivity contribution in [1.82, 2.24) is 9.59 Å². The first-order valence-corrected chi connectivity index (χ1v) is 7.01. The minimum atomic E-state index is 0.762. The summed E-state index contributed by atoms with van der Waals surface area (Å²) in [6, 6.07) is 8.15. The van der Waals surface area contributed by atoms with Crippen molar-refractivity contribution < 1.29 is 0 Å². The van der Waals surface area contributed by atoms with Gasteiger partial charge in [0.25, 0.3) is 0 Å². The zero-order valence-electron chi connectivity index (χ0n) is 8.18. The van der Waals surface area contributed by atoms with Gasteiger partial charge in [-0.3, -0.25) is 0 Å². The van der Waals surface area contributed by atoms with Gasteiger partial charge in [0, 0.05) is 26.7 Å². The van der Waals surface area contributed by atoms with Crippen LogP contribution in [0.5, 0.6) is 0 Å². The summed E-state index contributed by atoms with van der Waals surface area (Å²) in [5.74, 6) is 6.11. The summed E-state index contributed by atoms with van der Waals surface area (Å²) in [5, 5.41) is 4.84. The average molecular weight is 317 g/mol. The Morgan fingerprint density at radius 3 is 2.81 bits per heavy atom. The first kappa shape index (κ1) is 11.8. The highest BCUT2D eigenvalue weighted by atomic mass is 79.9. The molecule has 0 atom stereocenters. The van der Waals surface area contributed by atoms with E-state index >= 15 is 0 Å². The fourth-order valence-electron chi connectivity index (χ4n) is 1.10. The SMILES string of the molecule is NNc1snnc1CSc1ccc(Br)cc1. The van der Waals surface area contributed by atoms with Crippen LogP contribution in [0.3, 0.4) is 0 Å². The third-order valence-electron chi connectivity index (χ3n) is 1.88. The number of nitrogens with zero attached hydrogens (tertiary/aromatic N) is 2. The number of nitrogens with one attached hydrogen (secondary N) is 1. The molecule has 3 N–H and O–H groups in total. The van der Waals surface area contributed by atoms with Crippen molar-refractivity contribution >= 4 is 44.2 Å². The van der Waals surface area contributed by atoms with Crippen LogP contribution in [0.1, 0.15) is 5.69 Å². The number of rotatable bonds is 4. The van der Waals surface area contributed by atoms with Gasteiger partial charge in [0.1, 0.15) is 10.7 Å². The van der Waals surface area contributed by atoms with Crippen LogP contribution >= 0.6 is 39.2 Å². The molecule has 1 aromatic heterocycles. The Kier molecular flexibility index (Phi) is 4.16. The Morgan fingerprint density at radius 2 is 2.12 bits per heavy atom. The molecule has 0 aliphatic carbocycles. The molecule has 0 bridgehead atoms. The van der Waals surface area contributed by atoms with Crippen molar-refractivity contribution in [2.45, 2.75) is 10.6 Å². The zero-order valence-corrected chi connectivity index (χ0v) is 11.4. The number of halogens is 1. The lowest BCUT2D eigenvalue weighted by molar-refractivity contribution is 1.07. The molecule has 0 unspecified atom stereocenters. The van der Waals surface area contributed by atoms with Gasteiger partial charge < -0.3 is 5.43 Å². The molecule has 0 fully saturated rings. The number of hydrazine groups is 1. The molecule has 0 saturated heterocycles. The Bertz CT molecular complexity index is 457. The van der Waals surface area contributed by atoms with Gasteiger partial charge in [0.05, 0.1) is 0 Å². The molecule has 1 aromatic carbocycles. The van der Waals surface area contributed by atoms with Gasteiger partial charge >= 0.3 is 0 Å². The van der Waals surface area contributed by atoms with Crippen molar-refractivity contribution in [3.63, 3.8) is 0 Å². The van der Waals surface area contributed by atoms with E-state index in [0.29, 0.717) is 0 Å². The minimum Gasteiger partial charge on any atom is -0.313 e. The van der Waals surface area contributed by atoms with E-state index in [2.05, 4.69) is 43.1 Å². The molecule has 0 amide bonds. The molecule has 16 heavy (non-hydrogen) atoms. The maximum absolute atomic E-state index is 5.35. The quantitative estimate of drug-likeness (QED) is 0.516. The highest BCUT2D eigenvalue weighted by Crippen LogP contribution is 2.27. The Morgan fingerprint density at radius 1 is 1.38 bits per heavy atom. The average Bonchev–Trinajstić information content (AvgIpc) is 2.76. The van der Waals surface area contributed by atoms with E-state index in [1.165, 1.54) is 16.4 Å². The van der Waals surface area contributed by atoms with Crippen molar-refractivity contribution in [2.75, 3.05) is 5.43 Å². The standard InChI is InChI=1S/C9H9BrN4S2/c10-6-1-3-7(4-2-6)15-5-8-9(12-11)16-14-13-8/h1-4,12H,5,11H2. The van der Waals surface area contributed by atoms with E-state index in [-0.39, 0.29) is 0 Å². The summed E-state index contributed by atoms with van der Waals surface area (Å²) in [7, 11) is 0. The molecular weight excluding hydrogens is 308 g/mol. The topological polar surface area (TPSA) is 63.8 Å². The number of aromatic nitrogens is 2. The van der Waals surface area contributed by atoms with Crippen molar-refractivity contribution in [3.05, 3.63) is 34.4 Å². The van der Waals surface area contributed by atoms with Gasteiger partial charge in [-0.05, 0) is 24.3 Å². The molecule has 1 heterocycles. The molecule has 0 saturated carbocycles. The summed E-state index contributed by atoms with van der Waals surface area (Å²) in [6.45, 7) is 0. The maximum Gasteiger partial charge on any atom is 0.148 e. The number of hydrogen-bond donors (Lipinski definition) is 2. The second-order valence-corrected chi connectivity index (χ2v) is 5.65. The first-order valence-electron chi connectivity index (χ1n) is 4.46. The van der Waals surface area contributed by atoms with E-state index in [0.717, 1.165) is 20.9 Å². The third kappa shape index (κ3) is 2.94. The van der Waals surface area contributed by atoms with Crippen molar-refractivity contribution in [1.29, 1.82) is 0 Å². The van der Waals surface area contributed by atoms with Crippen LogP contribution in [0.15, 0.2) is 33.6 Å². The summed E-state index contributed by atoms with van der Waals surface area (Å²) < 4.78 is 4.93. The molecule has 2 rings (SSSR count). The number of nitrogen functional groups attached to an aromatic ring is 1. The fourth-order valence-corrected chi connectivity index (χ4v) is 2.78. The molecule has 0 radical (unpaired) electrons. The predicted molar refractivity (Wildman–Crippen MR) is 71.4 cm³/mol. The maximum atomic E-state index is 5.35. The monoisotopic (exact) mass is 316 g/mol. The van der Waals surface area contributed by atoms with Gasteiger partial charge in [-0.15, -0.1) is 16.9 Å². The second kappa shape index (κ2) is 5.62. The number of benzene rings is 1. The molecular formula is C9H9BrN4S2. The van der Waals surface area contributed by atoms with Gasteiger partial charge in [0.2, 0.25) is 0 Å². The molecule has 0 aliphatic rings. The Balaban J connectivity index is 1.99. The van der Waals surface area contributed by atoms with E-state index in [1.54, 1.807) is 11.8 Å². The molecule has 7 heteroatoms. The van der Waals surface area contributed by atoms with Gasteiger partial charge in [-0.1, -0.05) is 20.4 Å². The van der Waals surface area contributed by atoms with Crippen LogP contribution < -0.4 is 11.3 Å². The smallest absolute Gasteiger partial charge is 0.148 e.